The molecule has 2 rings (SSSR count). The van der Waals surface area contributed by atoms with Crippen LogP contribution in [0.2, 0.25) is 0 Å². The zero-order valence-corrected chi connectivity index (χ0v) is 15.7. The zero-order valence-electron chi connectivity index (χ0n) is 14.1. The molecule has 0 fully saturated rings. The van der Waals surface area contributed by atoms with Crippen LogP contribution in [-0.4, -0.2) is 22.9 Å². The number of anilines is 1. The van der Waals surface area contributed by atoms with Gasteiger partial charge in [-0.1, -0.05) is 22.9 Å². The van der Waals surface area contributed by atoms with E-state index in [0.29, 0.717) is 23.2 Å². The molecule has 2 aromatic carbocycles. The van der Waals surface area contributed by atoms with E-state index in [4.69, 9.17) is 10.00 Å². The minimum absolute atomic E-state index is 0.00848. The quantitative estimate of drug-likeness (QED) is 0.647. The second-order valence-corrected chi connectivity index (χ2v) is 6.75. The van der Waals surface area contributed by atoms with Crippen LogP contribution >= 0.6 is 15.9 Å². The van der Waals surface area contributed by atoms with E-state index in [1.54, 1.807) is 36.4 Å². The van der Waals surface area contributed by atoms with E-state index in [1.807, 2.05) is 13.0 Å². The number of carbonyl (C=O) groups is 1. The van der Waals surface area contributed by atoms with Crippen molar-refractivity contribution in [2.75, 3.05) is 11.9 Å². The molecule has 2 atom stereocenters. The highest BCUT2D eigenvalue weighted by molar-refractivity contribution is 9.10. The Bertz CT molecular complexity index is 802. The first-order valence-corrected chi connectivity index (χ1v) is 8.81. The molecule has 0 saturated carbocycles. The highest BCUT2D eigenvalue weighted by Crippen LogP contribution is 2.36. The first-order valence-electron chi connectivity index (χ1n) is 8.01. The van der Waals surface area contributed by atoms with Gasteiger partial charge in [0, 0.05) is 22.3 Å². The molecule has 136 valence electrons. The summed E-state index contributed by atoms with van der Waals surface area (Å²) < 4.78 is 6.28. The van der Waals surface area contributed by atoms with Crippen molar-refractivity contribution in [1.29, 1.82) is 5.26 Å². The van der Waals surface area contributed by atoms with E-state index in [9.17, 15) is 15.0 Å². The van der Waals surface area contributed by atoms with Crippen molar-refractivity contribution >= 4 is 27.7 Å². The molecule has 0 bridgehead atoms. The smallest absolute Gasteiger partial charge is 0.412 e. The molecule has 0 aliphatic rings. The number of hydrogen-bond acceptors (Lipinski definition) is 5. The number of hydrogen-bond donors (Lipinski definition) is 3. The molecule has 0 aliphatic heterocycles. The van der Waals surface area contributed by atoms with Crippen LogP contribution in [0.4, 0.5) is 10.5 Å². The van der Waals surface area contributed by atoms with E-state index in [0.717, 1.165) is 4.47 Å². The average Bonchev–Trinajstić information content (AvgIpc) is 2.62. The summed E-state index contributed by atoms with van der Waals surface area (Å²) >= 11 is 3.34. The largest absolute Gasteiger partial charge is 0.508 e. The second kappa shape index (κ2) is 9.22. The number of phenolic OH excluding ortho intramolecular Hbond substituents is 1. The van der Waals surface area contributed by atoms with E-state index in [2.05, 4.69) is 21.2 Å². The van der Waals surface area contributed by atoms with Crippen molar-refractivity contribution in [3.8, 4) is 11.8 Å². The Labute approximate surface area is 160 Å². The van der Waals surface area contributed by atoms with Gasteiger partial charge in [0.15, 0.2) is 0 Å². The fourth-order valence-corrected chi connectivity index (χ4v) is 2.86. The number of nitrogens with one attached hydrogen (secondary N) is 1. The molecule has 0 spiro atoms. The van der Waals surface area contributed by atoms with Crippen molar-refractivity contribution in [2.24, 2.45) is 5.92 Å². The molecule has 0 saturated heterocycles. The summed E-state index contributed by atoms with van der Waals surface area (Å²) in [6.45, 7) is 1.77. The van der Waals surface area contributed by atoms with Crippen LogP contribution in [0.5, 0.6) is 5.75 Å². The topological polar surface area (TPSA) is 103 Å². The SMILES string of the molecule is C[C@@H](CCO)[C@@H](OC(=O)Nc1ccc(C#N)cc1)c1cc(Br)ccc1O. The number of nitrogens with zero attached hydrogens (tertiary/aromatic N) is 1. The van der Waals surface area contributed by atoms with Gasteiger partial charge in [-0.3, -0.25) is 5.32 Å². The number of ether oxygens (including phenoxy) is 1. The van der Waals surface area contributed by atoms with Crippen molar-refractivity contribution < 1.29 is 19.7 Å². The molecular weight excluding hydrogens is 400 g/mol. The predicted molar refractivity (Wildman–Crippen MR) is 101 cm³/mol. The van der Waals surface area contributed by atoms with Crippen LogP contribution in [-0.2, 0) is 4.74 Å². The van der Waals surface area contributed by atoms with E-state index >= 15 is 0 Å². The molecule has 26 heavy (non-hydrogen) atoms. The number of carbonyl (C=O) groups excluding carboxylic acids is 1. The van der Waals surface area contributed by atoms with Gasteiger partial charge in [-0.15, -0.1) is 0 Å². The number of halogens is 1. The number of amides is 1. The molecule has 3 N–H and O–H groups in total. The van der Waals surface area contributed by atoms with Gasteiger partial charge in [-0.05, 0) is 54.8 Å². The Kier molecular flexibility index (Phi) is 7.01. The van der Waals surface area contributed by atoms with E-state index < -0.39 is 12.2 Å². The number of phenols is 1. The molecule has 7 heteroatoms. The van der Waals surface area contributed by atoms with Crippen LogP contribution in [0.25, 0.3) is 0 Å². The lowest BCUT2D eigenvalue weighted by molar-refractivity contribution is 0.0652. The van der Waals surface area contributed by atoms with Gasteiger partial charge < -0.3 is 14.9 Å². The molecular formula is C19H19BrN2O4. The lowest BCUT2D eigenvalue weighted by atomic mass is 9.94. The second-order valence-electron chi connectivity index (χ2n) is 5.83. The summed E-state index contributed by atoms with van der Waals surface area (Å²) in [4.78, 5) is 12.3. The maximum atomic E-state index is 12.3. The third kappa shape index (κ3) is 5.22. The summed E-state index contributed by atoms with van der Waals surface area (Å²) in [5.74, 6) is -0.207. The molecule has 1 amide bonds. The Balaban J connectivity index is 2.18. The fourth-order valence-electron chi connectivity index (χ4n) is 2.49. The van der Waals surface area contributed by atoms with Gasteiger partial charge in [0.25, 0.3) is 0 Å². The van der Waals surface area contributed by atoms with E-state index in [1.165, 1.54) is 6.07 Å². The molecule has 0 unspecified atom stereocenters. The number of benzene rings is 2. The Morgan fingerprint density at radius 3 is 2.62 bits per heavy atom. The number of rotatable bonds is 6. The molecule has 0 heterocycles. The Morgan fingerprint density at radius 2 is 2.00 bits per heavy atom. The third-order valence-corrected chi connectivity index (χ3v) is 4.39. The van der Waals surface area contributed by atoms with Gasteiger partial charge in [-0.2, -0.15) is 5.26 Å². The highest BCUT2D eigenvalue weighted by Gasteiger charge is 2.26. The Morgan fingerprint density at radius 1 is 1.31 bits per heavy atom. The summed E-state index contributed by atoms with van der Waals surface area (Å²) in [6.07, 6.45) is -1.03. The minimum Gasteiger partial charge on any atom is -0.508 e. The van der Waals surface area contributed by atoms with Gasteiger partial charge in [0.1, 0.15) is 11.9 Å². The monoisotopic (exact) mass is 418 g/mol. The first kappa shape index (κ1) is 19.8. The van der Waals surface area contributed by atoms with Crippen LogP contribution in [0.15, 0.2) is 46.9 Å². The van der Waals surface area contributed by atoms with Crippen molar-refractivity contribution in [3.05, 3.63) is 58.1 Å². The minimum atomic E-state index is -0.738. The number of aliphatic hydroxyl groups excluding tert-OH is 1. The average molecular weight is 419 g/mol. The van der Waals surface area contributed by atoms with Crippen LogP contribution < -0.4 is 5.32 Å². The maximum absolute atomic E-state index is 12.3. The molecule has 0 aromatic heterocycles. The van der Waals surface area contributed by atoms with Gasteiger partial charge >= 0.3 is 6.09 Å². The zero-order chi connectivity index (χ0) is 19.1. The summed E-state index contributed by atoms with van der Waals surface area (Å²) in [7, 11) is 0. The number of aromatic hydroxyl groups is 1. The standard InChI is InChI=1S/C19H19BrN2O4/c1-12(8-9-23)18(16-10-14(20)4-7-17(16)24)26-19(25)22-15-5-2-13(11-21)3-6-15/h2-7,10,12,18,23-24H,8-9H2,1H3,(H,22,25)/t12-,18+/m0/s1. The first-order chi connectivity index (χ1) is 12.4. The van der Waals surface area contributed by atoms with Gasteiger partial charge in [0.2, 0.25) is 0 Å². The van der Waals surface area contributed by atoms with Gasteiger partial charge in [-0.25, -0.2) is 4.79 Å². The summed E-state index contributed by atoms with van der Waals surface area (Å²) in [5.41, 5.74) is 1.42. The van der Waals surface area contributed by atoms with Crippen LogP contribution in [0.1, 0.15) is 30.6 Å². The molecule has 2 aromatic rings. The van der Waals surface area contributed by atoms with Crippen molar-refractivity contribution in [3.63, 3.8) is 0 Å². The lowest BCUT2D eigenvalue weighted by Gasteiger charge is -2.25. The Hall–Kier alpha value is -2.56. The molecule has 6 nitrogen and oxygen atoms in total. The lowest BCUT2D eigenvalue weighted by Crippen LogP contribution is -2.22. The highest BCUT2D eigenvalue weighted by atomic mass is 79.9. The summed E-state index contributed by atoms with van der Waals surface area (Å²) in [5, 5.41) is 30.8. The predicted octanol–water partition coefficient (Wildman–Crippen LogP) is 4.33. The third-order valence-electron chi connectivity index (χ3n) is 3.89. The number of aliphatic hydroxyl groups is 1. The van der Waals surface area contributed by atoms with Crippen molar-refractivity contribution in [1.82, 2.24) is 0 Å². The molecule has 0 radical (unpaired) electrons. The maximum Gasteiger partial charge on any atom is 0.412 e. The van der Waals surface area contributed by atoms with E-state index in [-0.39, 0.29) is 18.3 Å². The van der Waals surface area contributed by atoms with Crippen LogP contribution in [0.3, 0.4) is 0 Å². The van der Waals surface area contributed by atoms with Crippen LogP contribution in [0, 0.1) is 17.2 Å². The van der Waals surface area contributed by atoms with Crippen molar-refractivity contribution in [2.45, 2.75) is 19.4 Å². The normalized spacial score (nSPS) is 12.7. The number of nitriles is 1. The summed E-state index contributed by atoms with van der Waals surface area (Å²) in [6, 6.07) is 13.3. The van der Waals surface area contributed by atoms with Gasteiger partial charge in [0.05, 0.1) is 11.6 Å². The fraction of sp³-hybridized carbons (Fsp3) is 0.263. The molecule has 0 aliphatic carbocycles.